The highest BCUT2D eigenvalue weighted by atomic mass is 35.5. The third-order valence-corrected chi connectivity index (χ3v) is 6.47. The molecule has 8 heteroatoms. The molecule has 0 radical (unpaired) electrons. The van der Waals surface area contributed by atoms with Crippen LogP contribution in [-0.4, -0.2) is 33.7 Å². The van der Waals surface area contributed by atoms with E-state index in [4.69, 9.17) is 16.3 Å². The van der Waals surface area contributed by atoms with E-state index in [0.717, 1.165) is 11.3 Å². The van der Waals surface area contributed by atoms with Crippen LogP contribution in [0.2, 0.25) is 5.02 Å². The van der Waals surface area contributed by atoms with Gasteiger partial charge in [0.2, 0.25) is 11.8 Å². The Morgan fingerprint density at radius 2 is 1.85 bits per heavy atom. The number of thioether (sulfide) groups is 1. The van der Waals surface area contributed by atoms with Crippen molar-refractivity contribution in [3.8, 4) is 5.75 Å². The molecule has 0 aromatic heterocycles. The average Bonchev–Trinajstić information content (AvgIpc) is 3.10. The van der Waals surface area contributed by atoms with Gasteiger partial charge in [0.1, 0.15) is 11.0 Å². The first-order valence-electron chi connectivity index (χ1n) is 10.9. The van der Waals surface area contributed by atoms with Crippen LogP contribution in [-0.2, 0) is 16.1 Å². The summed E-state index contributed by atoms with van der Waals surface area (Å²) in [5.74, 6) is 0.357. The Morgan fingerprint density at radius 1 is 1.09 bits per heavy atom. The number of hydrogen-bond acceptors (Lipinski definition) is 5. The number of carbonyl (C=O) groups excluding carboxylic acids is 2. The van der Waals surface area contributed by atoms with Crippen molar-refractivity contribution in [2.75, 3.05) is 11.9 Å². The van der Waals surface area contributed by atoms with Crippen molar-refractivity contribution in [2.24, 2.45) is 4.99 Å². The summed E-state index contributed by atoms with van der Waals surface area (Å²) in [6, 6.07) is 24.0. The highest BCUT2D eigenvalue weighted by Crippen LogP contribution is 2.33. The molecule has 34 heavy (non-hydrogen) atoms. The molecule has 3 aromatic rings. The summed E-state index contributed by atoms with van der Waals surface area (Å²) < 4.78 is 5.43. The third kappa shape index (κ3) is 6.18. The van der Waals surface area contributed by atoms with Gasteiger partial charge in [-0.25, -0.2) is 4.99 Å². The molecule has 174 valence electrons. The highest BCUT2D eigenvalue weighted by molar-refractivity contribution is 8.15. The van der Waals surface area contributed by atoms with Crippen LogP contribution in [0, 0.1) is 0 Å². The molecule has 1 atom stereocenters. The molecule has 1 heterocycles. The van der Waals surface area contributed by atoms with Crippen molar-refractivity contribution in [2.45, 2.75) is 25.1 Å². The van der Waals surface area contributed by atoms with Gasteiger partial charge in [-0.05, 0) is 55.0 Å². The zero-order valence-electron chi connectivity index (χ0n) is 18.6. The third-order valence-electron chi connectivity index (χ3n) is 5.06. The second-order valence-electron chi connectivity index (χ2n) is 7.60. The van der Waals surface area contributed by atoms with Gasteiger partial charge in [0, 0.05) is 17.1 Å². The van der Waals surface area contributed by atoms with Gasteiger partial charge >= 0.3 is 0 Å². The van der Waals surface area contributed by atoms with Crippen molar-refractivity contribution in [3.05, 3.63) is 89.4 Å². The minimum atomic E-state index is -0.565. The number of carbonyl (C=O) groups is 2. The Balaban J connectivity index is 1.50. The highest BCUT2D eigenvalue weighted by Gasteiger charge is 2.39. The van der Waals surface area contributed by atoms with E-state index in [9.17, 15) is 9.59 Å². The van der Waals surface area contributed by atoms with E-state index in [1.807, 2.05) is 49.4 Å². The predicted molar refractivity (Wildman–Crippen MR) is 138 cm³/mol. The summed E-state index contributed by atoms with van der Waals surface area (Å²) in [6.45, 7) is 2.87. The number of anilines is 1. The second kappa shape index (κ2) is 11.2. The number of aliphatic imine (C=N–C) groups is 1. The zero-order chi connectivity index (χ0) is 23.9. The quantitative estimate of drug-likeness (QED) is 0.424. The molecule has 0 aliphatic carbocycles. The standard InChI is InChI=1S/C26H24ClN3O3S/c1-2-33-22-13-11-20(12-14-22)28-24(31)16-23-25(32)30(17-18-7-4-3-5-8-18)26(34-23)29-21-10-6-9-19(27)15-21/h3-15,23H,2,16-17H2,1H3,(H,28,31)/t23-/m1/s1. The lowest BCUT2D eigenvalue weighted by atomic mass is 10.2. The molecule has 1 aliphatic heterocycles. The van der Waals surface area contributed by atoms with E-state index in [1.54, 1.807) is 41.3 Å². The summed E-state index contributed by atoms with van der Waals surface area (Å²) in [5.41, 5.74) is 2.29. The summed E-state index contributed by atoms with van der Waals surface area (Å²) in [7, 11) is 0. The second-order valence-corrected chi connectivity index (χ2v) is 9.21. The number of amides is 2. The maximum absolute atomic E-state index is 13.3. The molecule has 0 spiro atoms. The van der Waals surface area contributed by atoms with Gasteiger partial charge in [-0.2, -0.15) is 0 Å². The predicted octanol–water partition coefficient (Wildman–Crippen LogP) is 5.90. The van der Waals surface area contributed by atoms with Crippen molar-refractivity contribution < 1.29 is 14.3 Å². The number of hydrogen-bond donors (Lipinski definition) is 1. The summed E-state index contributed by atoms with van der Waals surface area (Å²) >= 11 is 7.41. The molecule has 6 nitrogen and oxygen atoms in total. The maximum atomic E-state index is 13.3. The van der Waals surface area contributed by atoms with Crippen LogP contribution in [0.1, 0.15) is 18.9 Å². The van der Waals surface area contributed by atoms with E-state index in [1.165, 1.54) is 11.8 Å². The SMILES string of the molecule is CCOc1ccc(NC(=O)C[C@H]2SC(=Nc3cccc(Cl)c3)N(Cc3ccccc3)C2=O)cc1. The average molecular weight is 494 g/mol. The van der Waals surface area contributed by atoms with Crippen LogP contribution in [0.3, 0.4) is 0 Å². The van der Waals surface area contributed by atoms with Gasteiger partial charge in [0.05, 0.1) is 18.8 Å². The largest absolute Gasteiger partial charge is 0.494 e. The van der Waals surface area contributed by atoms with Crippen molar-refractivity contribution >= 4 is 51.7 Å². The number of rotatable bonds is 8. The summed E-state index contributed by atoms with van der Waals surface area (Å²) in [4.78, 5) is 32.3. The molecular weight excluding hydrogens is 470 g/mol. The van der Waals surface area contributed by atoms with Crippen LogP contribution in [0.5, 0.6) is 5.75 Å². The van der Waals surface area contributed by atoms with Gasteiger partial charge in [-0.15, -0.1) is 0 Å². The number of halogens is 1. The van der Waals surface area contributed by atoms with E-state index in [2.05, 4.69) is 10.3 Å². The lowest BCUT2D eigenvalue weighted by molar-refractivity contribution is -0.128. The van der Waals surface area contributed by atoms with Gasteiger partial charge in [-0.3, -0.25) is 14.5 Å². The fourth-order valence-electron chi connectivity index (χ4n) is 3.47. The van der Waals surface area contributed by atoms with Gasteiger partial charge in [-0.1, -0.05) is 59.8 Å². The number of benzene rings is 3. The Morgan fingerprint density at radius 3 is 2.56 bits per heavy atom. The molecule has 1 N–H and O–H groups in total. The van der Waals surface area contributed by atoms with Crippen molar-refractivity contribution in [1.29, 1.82) is 0 Å². The minimum absolute atomic E-state index is 0.0383. The van der Waals surface area contributed by atoms with Crippen LogP contribution in [0.25, 0.3) is 0 Å². The van der Waals surface area contributed by atoms with E-state index in [-0.39, 0.29) is 18.2 Å². The molecule has 1 aliphatic rings. The van der Waals surface area contributed by atoms with Gasteiger partial charge < -0.3 is 10.1 Å². The fraction of sp³-hybridized carbons (Fsp3) is 0.192. The first-order chi connectivity index (χ1) is 16.5. The number of ether oxygens (including phenoxy) is 1. The summed E-state index contributed by atoms with van der Waals surface area (Å²) in [5, 5.41) is 3.41. The molecule has 2 amide bonds. The van der Waals surface area contributed by atoms with E-state index >= 15 is 0 Å². The van der Waals surface area contributed by atoms with E-state index in [0.29, 0.717) is 34.7 Å². The number of nitrogens with one attached hydrogen (secondary N) is 1. The number of amidine groups is 1. The molecule has 1 saturated heterocycles. The zero-order valence-corrected chi connectivity index (χ0v) is 20.2. The van der Waals surface area contributed by atoms with Gasteiger partial charge in [0.25, 0.3) is 0 Å². The Kier molecular flexibility index (Phi) is 7.87. The van der Waals surface area contributed by atoms with Crippen LogP contribution < -0.4 is 10.1 Å². The molecule has 0 saturated carbocycles. The maximum Gasteiger partial charge on any atom is 0.242 e. The van der Waals surface area contributed by atoms with E-state index < -0.39 is 5.25 Å². The molecule has 1 fully saturated rings. The summed E-state index contributed by atoms with van der Waals surface area (Å²) in [6.07, 6.45) is 0.0383. The van der Waals surface area contributed by atoms with Gasteiger partial charge in [0.15, 0.2) is 5.17 Å². The topological polar surface area (TPSA) is 71.0 Å². The van der Waals surface area contributed by atoms with Crippen LogP contribution >= 0.6 is 23.4 Å². The lowest BCUT2D eigenvalue weighted by Gasteiger charge is -2.16. The monoisotopic (exact) mass is 493 g/mol. The Labute approximate surface area is 208 Å². The molecule has 3 aromatic carbocycles. The van der Waals surface area contributed by atoms with Crippen LogP contribution in [0.15, 0.2) is 83.9 Å². The fourth-order valence-corrected chi connectivity index (χ4v) is 4.82. The van der Waals surface area contributed by atoms with Crippen LogP contribution in [0.4, 0.5) is 11.4 Å². The molecule has 0 bridgehead atoms. The Bertz CT molecular complexity index is 1190. The Hall–Kier alpha value is -3.29. The van der Waals surface area contributed by atoms with Crippen molar-refractivity contribution in [1.82, 2.24) is 4.90 Å². The first-order valence-corrected chi connectivity index (χ1v) is 12.2. The molecular formula is C26H24ClN3O3S. The first kappa shape index (κ1) is 23.9. The normalized spacial score (nSPS) is 16.6. The smallest absolute Gasteiger partial charge is 0.242 e. The lowest BCUT2D eigenvalue weighted by Crippen LogP contribution is -2.33. The minimum Gasteiger partial charge on any atom is -0.494 e. The van der Waals surface area contributed by atoms with Crippen molar-refractivity contribution in [3.63, 3.8) is 0 Å². The number of nitrogens with zero attached hydrogens (tertiary/aromatic N) is 2. The molecule has 4 rings (SSSR count). The molecule has 0 unspecified atom stereocenters.